The van der Waals surface area contributed by atoms with Gasteiger partial charge in [0.2, 0.25) is 5.91 Å². The Morgan fingerprint density at radius 3 is 2.81 bits per heavy atom. The molecular formula is C20H22Cl2N4O4S. The number of esters is 1. The Morgan fingerprint density at radius 1 is 1.26 bits per heavy atom. The van der Waals surface area contributed by atoms with Gasteiger partial charge < -0.3 is 14.8 Å². The summed E-state index contributed by atoms with van der Waals surface area (Å²) in [4.78, 5) is 25.8. The molecular weight excluding hydrogens is 463 g/mol. The summed E-state index contributed by atoms with van der Waals surface area (Å²) in [5.74, 6) is -0.497. The van der Waals surface area contributed by atoms with E-state index in [2.05, 4.69) is 25.2 Å². The van der Waals surface area contributed by atoms with Crippen LogP contribution in [-0.4, -0.2) is 72.2 Å². The number of carbonyl (C=O) groups is 2. The highest BCUT2D eigenvalue weighted by atomic mass is 35.5. The first-order valence-corrected chi connectivity index (χ1v) is 11.3. The van der Waals surface area contributed by atoms with Gasteiger partial charge in [0.05, 0.1) is 35.6 Å². The molecule has 1 atom stereocenters. The zero-order chi connectivity index (χ0) is 22.2. The van der Waals surface area contributed by atoms with Crippen LogP contribution in [0.4, 0.5) is 0 Å². The van der Waals surface area contributed by atoms with Crippen molar-refractivity contribution < 1.29 is 19.1 Å². The molecule has 0 aliphatic carbocycles. The third-order valence-electron chi connectivity index (χ3n) is 4.53. The topological polar surface area (TPSA) is 93.7 Å². The normalized spacial score (nSPS) is 16.7. The predicted molar refractivity (Wildman–Crippen MR) is 119 cm³/mol. The van der Waals surface area contributed by atoms with Crippen molar-refractivity contribution in [1.82, 2.24) is 20.4 Å². The fraction of sp³-hybridized carbons (Fsp3) is 0.400. The van der Waals surface area contributed by atoms with E-state index in [1.165, 1.54) is 24.9 Å². The number of nitrogens with one attached hydrogen (secondary N) is 1. The van der Waals surface area contributed by atoms with Crippen LogP contribution >= 0.6 is 35.0 Å². The van der Waals surface area contributed by atoms with E-state index < -0.39 is 5.97 Å². The Hall–Kier alpha value is -1.91. The molecule has 1 amide bonds. The number of hydrogen-bond donors (Lipinski definition) is 1. The van der Waals surface area contributed by atoms with E-state index in [4.69, 9.17) is 27.9 Å². The van der Waals surface area contributed by atoms with E-state index in [0.29, 0.717) is 34.8 Å². The van der Waals surface area contributed by atoms with Gasteiger partial charge in [-0.25, -0.2) is 4.79 Å². The molecule has 1 aliphatic heterocycles. The molecule has 0 radical (unpaired) electrons. The summed E-state index contributed by atoms with van der Waals surface area (Å²) in [6.45, 7) is 3.26. The molecule has 1 aromatic heterocycles. The van der Waals surface area contributed by atoms with Gasteiger partial charge in [-0.3, -0.25) is 9.69 Å². The standard InChI is InChI=1S/C20H22Cl2N4O4S/c1-29-20(28)17-4-5-19(25-24-17)31-12-18(27)23-9-14-11-26(6-7-30-14)10-13-2-3-15(21)16(22)8-13/h2-5,8,14H,6-7,9-12H2,1H3,(H,23,27)/t14-/m0/s1. The molecule has 0 saturated carbocycles. The first-order valence-electron chi connectivity index (χ1n) is 9.54. The number of nitrogens with zero attached hydrogens (tertiary/aromatic N) is 3. The first kappa shape index (κ1) is 23.7. The number of benzene rings is 1. The monoisotopic (exact) mass is 484 g/mol. The highest BCUT2D eigenvalue weighted by Crippen LogP contribution is 2.23. The largest absolute Gasteiger partial charge is 0.464 e. The summed E-state index contributed by atoms with van der Waals surface area (Å²) in [5.41, 5.74) is 1.20. The molecule has 166 valence electrons. The average molecular weight is 485 g/mol. The minimum absolute atomic E-state index is 0.0930. The van der Waals surface area contributed by atoms with Crippen LogP contribution in [0.2, 0.25) is 10.0 Å². The third kappa shape index (κ3) is 7.33. The van der Waals surface area contributed by atoms with Crippen molar-refractivity contribution in [3.8, 4) is 0 Å². The lowest BCUT2D eigenvalue weighted by atomic mass is 10.2. The number of ether oxygens (including phenoxy) is 2. The van der Waals surface area contributed by atoms with Crippen LogP contribution in [0.25, 0.3) is 0 Å². The summed E-state index contributed by atoms with van der Waals surface area (Å²) in [7, 11) is 1.28. The van der Waals surface area contributed by atoms with Gasteiger partial charge in [0.25, 0.3) is 0 Å². The molecule has 0 unspecified atom stereocenters. The number of halogens is 2. The van der Waals surface area contributed by atoms with Crippen LogP contribution in [0.3, 0.4) is 0 Å². The van der Waals surface area contributed by atoms with Gasteiger partial charge in [-0.1, -0.05) is 41.0 Å². The van der Waals surface area contributed by atoms with Crippen molar-refractivity contribution in [2.45, 2.75) is 17.7 Å². The molecule has 0 spiro atoms. The molecule has 1 fully saturated rings. The SMILES string of the molecule is COC(=O)c1ccc(SCC(=O)NC[C@H]2CN(Cc3ccc(Cl)c(Cl)c3)CCO2)nn1. The molecule has 1 aliphatic rings. The molecule has 31 heavy (non-hydrogen) atoms. The van der Waals surface area contributed by atoms with Crippen molar-refractivity contribution in [3.63, 3.8) is 0 Å². The summed E-state index contributed by atoms with van der Waals surface area (Å²) in [6.07, 6.45) is -0.0930. The Bertz CT molecular complexity index is 917. The number of thioether (sulfide) groups is 1. The third-order valence-corrected chi connectivity index (χ3v) is 6.18. The fourth-order valence-corrected chi connectivity index (χ4v) is 3.94. The molecule has 0 bridgehead atoms. The molecule has 2 aromatic rings. The van der Waals surface area contributed by atoms with E-state index in [1.807, 2.05) is 12.1 Å². The van der Waals surface area contributed by atoms with E-state index in [1.54, 1.807) is 12.1 Å². The van der Waals surface area contributed by atoms with Crippen LogP contribution in [0.5, 0.6) is 0 Å². The van der Waals surface area contributed by atoms with Gasteiger partial charge in [0.1, 0.15) is 5.03 Å². The maximum Gasteiger partial charge on any atom is 0.358 e. The zero-order valence-electron chi connectivity index (χ0n) is 16.8. The highest BCUT2D eigenvalue weighted by molar-refractivity contribution is 7.99. The minimum Gasteiger partial charge on any atom is -0.464 e. The summed E-state index contributed by atoms with van der Waals surface area (Å²) in [5, 5.41) is 12.2. The number of aromatic nitrogens is 2. The van der Waals surface area contributed by atoms with Crippen LogP contribution in [0, 0.1) is 0 Å². The Morgan fingerprint density at radius 2 is 2.10 bits per heavy atom. The smallest absolute Gasteiger partial charge is 0.358 e. The van der Waals surface area contributed by atoms with E-state index in [-0.39, 0.29) is 23.5 Å². The molecule has 1 N–H and O–H groups in total. The van der Waals surface area contributed by atoms with Gasteiger partial charge in [-0.15, -0.1) is 10.2 Å². The second kappa shape index (κ2) is 11.6. The van der Waals surface area contributed by atoms with Gasteiger partial charge in [0, 0.05) is 26.2 Å². The van der Waals surface area contributed by atoms with Gasteiger partial charge in [-0.05, 0) is 29.8 Å². The van der Waals surface area contributed by atoms with Crippen molar-refractivity contribution in [3.05, 3.63) is 51.6 Å². The van der Waals surface area contributed by atoms with E-state index in [0.717, 1.165) is 18.7 Å². The van der Waals surface area contributed by atoms with Crippen molar-refractivity contribution in [2.24, 2.45) is 0 Å². The maximum atomic E-state index is 12.2. The zero-order valence-corrected chi connectivity index (χ0v) is 19.2. The van der Waals surface area contributed by atoms with Crippen molar-refractivity contribution >= 4 is 46.8 Å². The number of rotatable bonds is 8. The van der Waals surface area contributed by atoms with Crippen molar-refractivity contribution in [1.29, 1.82) is 0 Å². The summed E-state index contributed by atoms with van der Waals surface area (Å²) in [6, 6.07) is 8.76. The first-order chi connectivity index (χ1) is 14.9. The van der Waals surface area contributed by atoms with Crippen LogP contribution in [0.1, 0.15) is 16.1 Å². The van der Waals surface area contributed by atoms with E-state index in [9.17, 15) is 9.59 Å². The Kier molecular flexibility index (Phi) is 8.91. The maximum absolute atomic E-state index is 12.2. The lowest BCUT2D eigenvalue weighted by Gasteiger charge is -2.33. The highest BCUT2D eigenvalue weighted by Gasteiger charge is 2.21. The predicted octanol–water partition coefficient (Wildman–Crippen LogP) is 2.68. The number of hydrogen-bond acceptors (Lipinski definition) is 8. The van der Waals surface area contributed by atoms with Crippen LogP contribution < -0.4 is 5.32 Å². The van der Waals surface area contributed by atoms with Gasteiger partial charge in [0.15, 0.2) is 5.69 Å². The molecule has 2 heterocycles. The molecule has 1 saturated heterocycles. The van der Waals surface area contributed by atoms with Gasteiger partial charge in [-0.2, -0.15) is 0 Å². The quantitative estimate of drug-likeness (QED) is 0.451. The fourth-order valence-electron chi connectivity index (χ4n) is 2.97. The molecule has 1 aromatic carbocycles. The van der Waals surface area contributed by atoms with E-state index >= 15 is 0 Å². The number of methoxy groups -OCH3 is 1. The Balaban J connectivity index is 1.40. The molecule has 11 heteroatoms. The number of morpholine rings is 1. The lowest BCUT2D eigenvalue weighted by molar-refractivity contribution is -0.119. The minimum atomic E-state index is -0.553. The van der Waals surface area contributed by atoms with Gasteiger partial charge >= 0.3 is 5.97 Å². The summed E-state index contributed by atoms with van der Waals surface area (Å²) >= 11 is 13.3. The molecule has 3 rings (SSSR count). The number of carbonyl (C=O) groups excluding carboxylic acids is 2. The summed E-state index contributed by atoms with van der Waals surface area (Å²) < 4.78 is 10.3. The second-order valence-electron chi connectivity index (χ2n) is 6.82. The second-order valence-corrected chi connectivity index (χ2v) is 8.63. The number of amides is 1. The lowest BCUT2D eigenvalue weighted by Crippen LogP contribution is -2.47. The van der Waals surface area contributed by atoms with Crippen LogP contribution in [-0.2, 0) is 20.8 Å². The van der Waals surface area contributed by atoms with Crippen molar-refractivity contribution in [2.75, 3.05) is 39.1 Å². The average Bonchev–Trinajstić information content (AvgIpc) is 2.79. The van der Waals surface area contributed by atoms with Crippen LogP contribution in [0.15, 0.2) is 35.4 Å². The molecule has 8 nitrogen and oxygen atoms in total. The Labute approximate surface area is 194 Å².